The van der Waals surface area contributed by atoms with Gasteiger partial charge in [0.15, 0.2) is 0 Å². The van der Waals surface area contributed by atoms with Gasteiger partial charge in [0.1, 0.15) is 26.3 Å². The smallest absolute Gasteiger partial charge is 0.407 e. The molecule has 0 aliphatic carbocycles. The quantitative estimate of drug-likeness (QED) is 0.0426. The van der Waals surface area contributed by atoms with Gasteiger partial charge in [-0.05, 0) is 92.2 Å². The molecule has 10 nitrogen and oxygen atoms in total. The van der Waals surface area contributed by atoms with Gasteiger partial charge in [-0.25, -0.2) is 9.59 Å². The van der Waals surface area contributed by atoms with Crippen molar-refractivity contribution in [1.82, 2.24) is 10.6 Å². The molecule has 0 aliphatic heterocycles. The lowest BCUT2D eigenvalue weighted by atomic mass is 10.1. The fourth-order valence-corrected chi connectivity index (χ4v) is 4.19. The van der Waals surface area contributed by atoms with Crippen LogP contribution in [0.15, 0.2) is 167 Å². The summed E-state index contributed by atoms with van der Waals surface area (Å²) in [5.74, 6) is -1.04. The van der Waals surface area contributed by atoms with E-state index in [9.17, 15) is 19.2 Å². The van der Waals surface area contributed by atoms with Crippen LogP contribution in [0.4, 0.5) is 9.59 Å². The van der Waals surface area contributed by atoms with E-state index in [0.29, 0.717) is 0 Å². The minimum absolute atomic E-state index is 0.181. The van der Waals surface area contributed by atoms with Gasteiger partial charge in [-0.2, -0.15) is 0 Å². The van der Waals surface area contributed by atoms with Crippen LogP contribution >= 0.6 is 0 Å². The Bertz CT molecular complexity index is 1750. The van der Waals surface area contributed by atoms with Gasteiger partial charge in [0.05, 0.1) is 14.2 Å². The number of esters is 2. The Labute approximate surface area is 360 Å². The minimum Gasteiger partial charge on any atom is -0.468 e. The van der Waals surface area contributed by atoms with Crippen LogP contribution in [0.2, 0.25) is 0 Å². The van der Waals surface area contributed by atoms with Crippen molar-refractivity contribution in [2.75, 3.05) is 40.5 Å². The molecule has 0 fully saturated rings. The molecule has 10 heteroatoms. The van der Waals surface area contributed by atoms with Gasteiger partial charge in [0.2, 0.25) is 0 Å². The van der Waals surface area contributed by atoms with E-state index >= 15 is 0 Å². The van der Waals surface area contributed by atoms with Crippen LogP contribution < -0.4 is 10.6 Å². The highest BCUT2D eigenvalue weighted by Crippen LogP contribution is 2.09. The second-order valence-electron chi connectivity index (χ2n) is 13.8. The maximum Gasteiger partial charge on any atom is 0.407 e. The minimum atomic E-state index is -0.643. The zero-order valence-corrected chi connectivity index (χ0v) is 37.7. The maximum absolute atomic E-state index is 11.5. The molecule has 328 valence electrons. The lowest BCUT2D eigenvalue weighted by Gasteiger charge is -2.06. The van der Waals surface area contributed by atoms with Crippen LogP contribution in [-0.2, 0) is 28.5 Å². The molecule has 0 aromatic carbocycles. The van der Waals surface area contributed by atoms with E-state index in [-0.39, 0.29) is 26.3 Å². The predicted molar refractivity (Wildman–Crippen MR) is 248 cm³/mol. The highest BCUT2D eigenvalue weighted by atomic mass is 16.6. The summed E-state index contributed by atoms with van der Waals surface area (Å²) in [7, 11) is 2.52. The lowest BCUT2D eigenvalue weighted by molar-refractivity contribution is -0.140. The zero-order chi connectivity index (χ0) is 45.6. The van der Waals surface area contributed by atoms with Gasteiger partial charge in [-0.15, -0.1) is 0 Å². The standard InChI is InChI=1S/C35H47NO4.C15H23NO4/c1-9-28(2)18-12-19-29(3)16-10-11-17-30(4)20-13-21-31(5)22-14-23-32(6)24-15-25-33(7)27-40-35(38)36-26-34(37)39-8;1-5-7-12(2)8-6-9-13(3)11-20-15(18)16-10-14(17)19-4/h9-14,16-23,25H,1,15,24,26-27H2,2-8H3,(H,36,38);5,7,9H,1,6,8,10-11H2,2-4H3,(H,16,18)/b11-10+,19-12+,20-13+,22-14+,28-18+,29-16+,30-17+,31-21+,32-23+,33-25+;12-7+,13-9+. The molecule has 0 heterocycles. The number of amides is 2. The molecule has 0 spiro atoms. The third-order valence-corrected chi connectivity index (χ3v) is 7.86. The van der Waals surface area contributed by atoms with Crippen LogP contribution in [0.3, 0.4) is 0 Å². The van der Waals surface area contributed by atoms with E-state index in [2.05, 4.69) is 116 Å². The van der Waals surface area contributed by atoms with Crippen LogP contribution in [0.1, 0.15) is 81.1 Å². The molecule has 0 radical (unpaired) electrons. The van der Waals surface area contributed by atoms with Crippen LogP contribution in [-0.4, -0.2) is 64.6 Å². The summed E-state index contributed by atoms with van der Waals surface area (Å²) in [5.41, 5.74) is 9.07. The van der Waals surface area contributed by atoms with Crippen molar-refractivity contribution in [2.24, 2.45) is 0 Å². The number of carbonyl (C=O) groups excluding carboxylic acids is 4. The first-order chi connectivity index (χ1) is 28.6. The molecule has 60 heavy (non-hydrogen) atoms. The number of ether oxygens (including phenoxy) is 4. The van der Waals surface area contributed by atoms with Crippen LogP contribution in [0.25, 0.3) is 0 Å². The average Bonchev–Trinajstić information content (AvgIpc) is 3.22. The van der Waals surface area contributed by atoms with Crippen molar-refractivity contribution in [3.63, 3.8) is 0 Å². The fraction of sp³-hybridized carbons (Fsp3) is 0.360. The molecule has 0 aliphatic rings. The molecule has 0 bridgehead atoms. The highest BCUT2D eigenvalue weighted by molar-refractivity contribution is 5.78. The summed E-state index contributed by atoms with van der Waals surface area (Å²) in [6.07, 6.45) is 38.8. The van der Waals surface area contributed by atoms with E-state index in [0.717, 1.165) is 48.0 Å². The van der Waals surface area contributed by atoms with Crippen LogP contribution in [0.5, 0.6) is 0 Å². The number of carbonyl (C=O) groups is 4. The molecule has 0 rings (SSSR count). The van der Waals surface area contributed by atoms with Gasteiger partial charge in [-0.3, -0.25) is 9.59 Å². The summed E-state index contributed by atoms with van der Waals surface area (Å²) in [6.45, 7) is 23.6. The maximum atomic E-state index is 11.5. The Morgan fingerprint density at radius 3 is 1.23 bits per heavy atom. The van der Waals surface area contributed by atoms with E-state index < -0.39 is 24.1 Å². The largest absolute Gasteiger partial charge is 0.468 e. The monoisotopic (exact) mass is 827 g/mol. The van der Waals surface area contributed by atoms with Gasteiger partial charge in [0.25, 0.3) is 0 Å². The second kappa shape index (κ2) is 37.1. The summed E-state index contributed by atoms with van der Waals surface area (Å²) in [5, 5.41) is 4.63. The van der Waals surface area contributed by atoms with Crippen molar-refractivity contribution in [2.45, 2.75) is 81.1 Å². The number of allylic oxidation sites excluding steroid dienone is 24. The van der Waals surface area contributed by atoms with Gasteiger partial charge >= 0.3 is 24.1 Å². The molecule has 2 amide bonds. The molecule has 0 aromatic heterocycles. The number of nitrogens with one attached hydrogen (secondary N) is 2. The number of hydrogen-bond acceptors (Lipinski definition) is 8. The average molecular weight is 827 g/mol. The number of rotatable bonds is 24. The zero-order valence-electron chi connectivity index (χ0n) is 37.7. The number of methoxy groups -OCH3 is 2. The SMILES string of the molecule is C=C/C(C)=C/C=C/C(C)=C/C=C/C=C(C)/C=C/C=C(C)/C=C/C=C(\C)CC/C=C(\C)COC(=O)NCC(=O)OC.C=C/C=C(\C)CC/C=C(\C)COC(=O)NCC(=O)OC. The first-order valence-electron chi connectivity index (χ1n) is 19.8. The van der Waals surface area contributed by atoms with Crippen molar-refractivity contribution >= 4 is 24.1 Å². The van der Waals surface area contributed by atoms with E-state index in [4.69, 9.17) is 9.47 Å². The van der Waals surface area contributed by atoms with E-state index in [1.165, 1.54) is 36.5 Å². The third kappa shape index (κ3) is 37.4. The molecule has 0 unspecified atom stereocenters. The normalized spacial score (nSPS) is 13.6. The van der Waals surface area contributed by atoms with E-state index in [1.54, 1.807) is 6.08 Å². The fourth-order valence-electron chi connectivity index (χ4n) is 4.19. The lowest BCUT2D eigenvalue weighted by Crippen LogP contribution is -2.30. The first kappa shape index (κ1) is 55.9. The molecular weight excluding hydrogens is 757 g/mol. The third-order valence-electron chi connectivity index (χ3n) is 7.86. The molecule has 0 aromatic rings. The van der Waals surface area contributed by atoms with Crippen molar-refractivity contribution in [3.05, 3.63) is 167 Å². The van der Waals surface area contributed by atoms with Gasteiger partial charge in [-0.1, -0.05) is 156 Å². The Balaban J connectivity index is 0. The predicted octanol–water partition coefficient (Wildman–Crippen LogP) is 11.5. The number of hydrogen-bond donors (Lipinski definition) is 2. The summed E-state index contributed by atoms with van der Waals surface area (Å²) < 4.78 is 18.9. The molecule has 0 saturated carbocycles. The van der Waals surface area contributed by atoms with Crippen LogP contribution in [0, 0.1) is 0 Å². The van der Waals surface area contributed by atoms with Crippen molar-refractivity contribution < 1.29 is 38.1 Å². The Morgan fingerprint density at radius 2 is 0.850 bits per heavy atom. The first-order valence-corrected chi connectivity index (χ1v) is 19.8. The highest BCUT2D eigenvalue weighted by Gasteiger charge is 2.07. The summed E-state index contributed by atoms with van der Waals surface area (Å²) in [6, 6.07) is 0. The molecule has 0 atom stereocenters. The number of alkyl carbamates (subject to hydrolysis) is 2. The Kier molecular flexibility index (Phi) is 34.6. The Hall–Kier alpha value is -6.16. The molecule has 2 N–H and O–H groups in total. The van der Waals surface area contributed by atoms with Crippen molar-refractivity contribution in [1.29, 1.82) is 0 Å². The summed E-state index contributed by atoms with van der Waals surface area (Å²) in [4.78, 5) is 44.6. The topological polar surface area (TPSA) is 129 Å². The molecule has 0 saturated heterocycles. The summed E-state index contributed by atoms with van der Waals surface area (Å²) >= 11 is 0. The Morgan fingerprint density at radius 1 is 0.483 bits per heavy atom. The van der Waals surface area contributed by atoms with Gasteiger partial charge in [0, 0.05) is 0 Å². The van der Waals surface area contributed by atoms with Gasteiger partial charge < -0.3 is 29.6 Å². The molecular formula is C50H70N2O8. The van der Waals surface area contributed by atoms with E-state index in [1.807, 2.05) is 76.3 Å². The van der Waals surface area contributed by atoms with Crippen molar-refractivity contribution in [3.8, 4) is 0 Å². The second-order valence-corrected chi connectivity index (χ2v) is 13.8.